The summed E-state index contributed by atoms with van der Waals surface area (Å²) in [7, 11) is 0. The van der Waals surface area contributed by atoms with Gasteiger partial charge in [0.1, 0.15) is 0 Å². The van der Waals surface area contributed by atoms with Crippen LogP contribution < -0.4 is 5.32 Å². The Bertz CT molecular complexity index is 467. The molecule has 4 heteroatoms. The van der Waals surface area contributed by atoms with Crippen LogP contribution in [-0.2, 0) is 4.74 Å². The van der Waals surface area contributed by atoms with Crippen molar-refractivity contribution >= 4 is 5.96 Å². The molecular weight excluding hydrogens is 286 g/mol. The Balaban J connectivity index is 1.92. The van der Waals surface area contributed by atoms with Gasteiger partial charge in [-0.3, -0.25) is 4.99 Å². The maximum absolute atomic E-state index is 5.74. The van der Waals surface area contributed by atoms with Crippen molar-refractivity contribution in [1.29, 1.82) is 0 Å². The molecule has 128 valence electrons. The average molecular weight is 317 g/mol. The smallest absolute Gasteiger partial charge is 0.193 e. The van der Waals surface area contributed by atoms with Gasteiger partial charge >= 0.3 is 0 Å². The fourth-order valence-corrected chi connectivity index (χ4v) is 3.01. The Hall–Kier alpha value is -1.55. The first-order chi connectivity index (χ1) is 11.2. The first kappa shape index (κ1) is 17.8. The molecule has 1 atom stereocenters. The summed E-state index contributed by atoms with van der Waals surface area (Å²) in [4.78, 5) is 7.25. The number of likely N-dealkylation sites (tertiary alicyclic amines) is 1. The number of benzene rings is 1. The second-order valence-electron chi connectivity index (χ2n) is 6.15. The number of nitrogens with one attached hydrogen (secondary N) is 1. The Labute approximate surface area is 140 Å². The van der Waals surface area contributed by atoms with Gasteiger partial charge in [0.15, 0.2) is 5.96 Å². The Morgan fingerprint density at radius 1 is 1.26 bits per heavy atom. The van der Waals surface area contributed by atoms with E-state index in [1.807, 2.05) is 0 Å². The highest BCUT2D eigenvalue weighted by atomic mass is 16.5. The summed E-state index contributed by atoms with van der Waals surface area (Å²) in [6.07, 6.45) is 2.60. The van der Waals surface area contributed by atoms with Crippen molar-refractivity contribution in [1.82, 2.24) is 10.2 Å². The largest absolute Gasteiger partial charge is 0.378 e. The summed E-state index contributed by atoms with van der Waals surface area (Å²) >= 11 is 0. The molecule has 0 aliphatic carbocycles. The summed E-state index contributed by atoms with van der Waals surface area (Å²) in [5.74, 6) is 1.48. The van der Waals surface area contributed by atoms with Crippen molar-refractivity contribution in [3.8, 4) is 0 Å². The predicted octanol–water partition coefficient (Wildman–Crippen LogP) is 3.26. The van der Waals surface area contributed by atoms with Crippen LogP contribution in [0.5, 0.6) is 0 Å². The monoisotopic (exact) mass is 317 g/mol. The van der Waals surface area contributed by atoms with Gasteiger partial charge in [-0.15, -0.1) is 0 Å². The number of hydrogen-bond donors (Lipinski definition) is 1. The number of hydrogen-bond acceptors (Lipinski definition) is 2. The van der Waals surface area contributed by atoms with Crippen LogP contribution in [0, 0.1) is 0 Å². The molecule has 1 unspecified atom stereocenters. The zero-order valence-corrected chi connectivity index (χ0v) is 14.8. The first-order valence-electron chi connectivity index (χ1n) is 8.94. The van der Waals surface area contributed by atoms with Crippen molar-refractivity contribution in [2.75, 3.05) is 32.8 Å². The van der Waals surface area contributed by atoms with Gasteiger partial charge in [0.25, 0.3) is 0 Å². The Morgan fingerprint density at radius 3 is 2.57 bits per heavy atom. The molecule has 1 saturated heterocycles. The van der Waals surface area contributed by atoms with Gasteiger partial charge in [0, 0.05) is 38.7 Å². The lowest BCUT2D eigenvalue weighted by Gasteiger charge is -2.34. The zero-order chi connectivity index (χ0) is 16.5. The predicted molar refractivity (Wildman–Crippen MR) is 97.1 cm³/mol. The number of ether oxygens (including phenoxy) is 1. The third kappa shape index (κ3) is 5.54. The highest BCUT2D eigenvalue weighted by Crippen LogP contribution is 2.16. The number of piperidine rings is 1. The van der Waals surface area contributed by atoms with E-state index in [1.165, 1.54) is 5.56 Å². The maximum atomic E-state index is 5.74. The fourth-order valence-electron chi connectivity index (χ4n) is 3.01. The van der Waals surface area contributed by atoms with Crippen LogP contribution in [0.25, 0.3) is 0 Å². The minimum atomic E-state index is 0.419. The van der Waals surface area contributed by atoms with E-state index in [9.17, 15) is 0 Å². The quantitative estimate of drug-likeness (QED) is 0.646. The van der Waals surface area contributed by atoms with E-state index in [4.69, 9.17) is 9.73 Å². The highest BCUT2D eigenvalue weighted by Gasteiger charge is 2.21. The van der Waals surface area contributed by atoms with Crippen LogP contribution in [0.15, 0.2) is 35.3 Å². The zero-order valence-electron chi connectivity index (χ0n) is 14.8. The lowest BCUT2D eigenvalue weighted by molar-refractivity contribution is 0.0264. The van der Waals surface area contributed by atoms with Gasteiger partial charge in [-0.05, 0) is 32.3 Å². The molecule has 1 N–H and O–H groups in total. The summed E-state index contributed by atoms with van der Waals surface area (Å²) in [5, 5.41) is 3.44. The van der Waals surface area contributed by atoms with Crippen LogP contribution >= 0.6 is 0 Å². The summed E-state index contributed by atoms with van der Waals surface area (Å²) < 4.78 is 5.74. The van der Waals surface area contributed by atoms with Gasteiger partial charge in [0.2, 0.25) is 0 Å². The Morgan fingerprint density at radius 2 is 1.96 bits per heavy atom. The van der Waals surface area contributed by atoms with E-state index in [0.29, 0.717) is 12.0 Å². The SMILES string of the molecule is CCNC(=NCC(C)c1ccccc1)N1CCC(OCC)CC1. The van der Waals surface area contributed by atoms with Crippen LogP contribution in [0.4, 0.5) is 0 Å². The van der Waals surface area contributed by atoms with Crippen molar-refractivity contribution in [2.45, 2.75) is 45.6 Å². The van der Waals surface area contributed by atoms with E-state index in [1.54, 1.807) is 0 Å². The molecular formula is C19H31N3O. The van der Waals surface area contributed by atoms with Gasteiger partial charge in [-0.1, -0.05) is 37.3 Å². The standard InChI is InChI=1S/C19H31N3O/c1-4-20-19(22-13-11-18(12-14-22)23-5-2)21-15-16(3)17-9-7-6-8-10-17/h6-10,16,18H,4-5,11-15H2,1-3H3,(H,20,21). The minimum absolute atomic E-state index is 0.419. The molecule has 0 bridgehead atoms. The molecule has 0 radical (unpaired) electrons. The molecule has 1 aromatic carbocycles. The fraction of sp³-hybridized carbons (Fsp3) is 0.632. The second-order valence-corrected chi connectivity index (χ2v) is 6.15. The van der Waals surface area contributed by atoms with Crippen molar-refractivity contribution < 1.29 is 4.74 Å². The average Bonchev–Trinajstić information content (AvgIpc) is 2.60. The van der Waals surface area contributed by atoms with Crippen LogP contribution in [0.2, 0.25) is 0 Å². The number of aliphatic imine (C=N–C) groups is 1. The van der Waals surface area contributed by atoms with E-state index in [-0.39, 0.29) is 0 Å². The molecule has 0 amide bonds. The number of guanidine groups is 1. The van der Waals surface area contributed by atoms with E-state index >= 15 is 0 Å². The molecule has 23 heavy (non-hydrogen) atoms. The molecule has 0 saturated carbocycles. The van der Waals surface area contributed by atoms with E-state index < -0.39 is 0 Å². The van der Waals surface area contributed by atoms with Gasteiger partial charge in [-0.25, -0.2) is 0 Å². The molecule has 4 nitrogen and oxygen atoms in total. The third-order valence-corrected chi connectivity index (χ3v) is 4.36. The molecule has 2 rings (SSSR count). The molecule has 1 heterocycles. The van der Waals surface area contributed by atoms with Crippen LogP contribution in [-0.4, -0.2) is 49.7 Å². The van der Waals surface area contributed by atoms with Gasteiger partial charge in [0.05, 0.1) is 6.10 Å². The summed E-state index contributed by atoms with van der Waals surface area (Å²) in [6, 6.07) is 10.6. The normalized spacial score (nSPS) is 18.0. The molecule has 1 fully saturated rings. The topological polar surface area (TPSA) is 36.9 Å². The van der Waals surface area contributed by atoms with Crippen LogP contribution in [0.3, 0.4) is 0 Å². The summed E-state index contributed by atoms with van der Waals surface area (Å²) in [5.41, 5.74) is 1.35. The lowest BCUT2D eigenvalue weighted by atomic mass is 10.0. The molecule has 0 spiro atoms. The van der Waals surface area contributed by atoms with Crippen molar-refractivity contribution in [2.24, 2.45) is 4.99 Å². The van der Waals surface area contributed by atoms with E-state index in [0.717, 1.165) is 51.6 Å². The molecule has 1 aromatic rings. The van der Waals surface area contributed by atoms with Crippen molar-refractivity contribution in [3.05, 3.63) is 35.9 Å². The number of nitrogens with zero attached hydrogens (tertiary/aromatic N) is 2. The molecule has 1 aliphatic heterocycles. The second kappa shape index (κ2) is 9.56. The van der Waals surface area contributed by atoms with Crippen molar-refractivity contribution in [3.63, 3.8) is 0 Å². The first-order valence-corrected chi connectivity index (χ1v) is 8.94. The van der Waals surface area contributed by atoms with Crippen LogP contribution in [0.1, 0.15) is 45.1 Å². The van der Waals surface area contributed by atoms with Gasteiger partial charge < -0.3 is 15.0 Å². The minimum Gasteiger partial charge on any atom is -0.378 e. The molecule has 0 aromatic heterocycles. The highest BCUT2D eigenvalue weighted by molar-refractivity contribution is 5.80. The molecule has 1 aliphatic rings. The summed E-state index contributed by atoms with van der Waals surface area (Å²) in [6.45, 7) is 11.0. The third-order valence-electron chi connectivity index (χ3n) is 4.36. The Kier molecular flexibility index (Phi) is 7.40. The maximum Gasteiger partial charge on any atom is 0.193 e. The number of rotatable bonds is 6. The lowest BCUT2D eigenvalue weighted by Crippen LogP contribution is -2.47. The van der Waals surface area contributed by atoms with Gasteiger partial charge in [-0.2, -0.15) is 0 Å². The van der Waals surface area contributed by atoms with E-state index in [2.05, 4.69) is 61.3 Å².